The summed E-state index contributed by atoms with van der Waals surface area (Å²) >= 11 is 0. The molecule has 25 heavy (non-hydrogen) atoms. The Morgan fingerprint density at radius 2 is 1.88 bits per heavy atom. The van der Waals surface area contributed by atoms with Gasteiger partial charge in [0.2, 0.25) is 5.91 Å². The van der Waals surface area contributed by atoms with Gasteiger partial charge < -0.3 is 10.2 Å². The second kappa shape index (κ2) is 9.56. The lowest BCUT2D eigenvalue weighted by Crippen LogP contribution is -2.30. The molecule has 7 heteroatoms. The number of hydrogen-bond donors (Lipinski definition) is 1. The van der Waals surface area contributed by atoms with E-state index in [0.29, 0.717) is 44.6 Å². The molecular formula is C18H25N5O2. The van der Waals surface area contributed by atoms with E-state index in [1.54, 1.807) is 15.9 Å². The lowest BCUT2D eigenvalue weighted by atomic mass is 10.1. The molecule has 2 rings (SSSR count). The van der Waals surface area contributed by atoms with Crippen molar-refractivity contribution in [3.05, 3.63) is 48.0 Å². The monoisotopic (exact) mass is 343 g/mol. The third-order valence-electron chi connectivity index (χ3n) is 4.00. The van der Waals surface area contributed by atoms with Gasteiger partial charge in [-0.05, 0) is 38.0 Å². The van der Waals surface area contributed by atoms with Crippen molar-refractivity contribution in [1.82, 2.24) is 25.0 Å². The molecule has 0 bridgehead atoms. The van der Waals surface area contributed by atoms with Crippen LogP contribution in [0.4, 0.5) is 0 Å². The van der Waals surface area contributed by atoms with E-state index in [-0.39, 0.29) is 11.8 Å². The fourth-order valence-electron chi connectivity index (χ4n) is 2.50. The minimum Gasteiger partial charge on any atom is -0.352 e. The van der Waals surface area contributed by atoms with Gasteiger partial charge in [-0.1, -0.05) is 12.1 Å². The van der Waals surface area contributed by atoms with E-state index in [4.69, 9.17) is 0 Å². The first-order valence-corrected chi connectivity index (χ1v) is 8.61. The Balaban J connectivity index is 1.75. The summed E-state index contributed by atoms with van der Waals surface area (Å²) in [6, 6.07) is 7.39. The molecule has 2 aromatic rings. The van der Waals surface area contributed by atoms with E-state index < -0.39 is 0 Å². The fraction of sp³-hybridized carbons (Fsp3) is 0.444. The van der Waals surface area contributed by atoms with E-state index in [1.165, 1.54) is 6.33 Å². The lowest BCUT2D eigenvalue weighted by Gasteiger charge is -2.18. The van der Waals surface area contributed by atoms with E-state index >= 15 is 0 Å². The van der Waals surface area contributed by atoms with Crippen LogP contribution in [-0.2, 0) is 17.9 Å². The van der Waals surface area contributed by atoms with Crippen LogP contribution in [0.1, 0.15) is 42.6 Å². The molecule has 134 valence electrons. The molecule has 0 aliphatic heterocycles. The predicted octanol–water partition coefficient (Wildman–Crippen LogP) is 1.86. The average Bonchev–Trinajstić information content (AvgIpc) is 3.15. The Labute approximate surface area is 148 Å². The number of aryl methyl sites for hydroxylation is 1. The molecule has 0 saturated carbocycles. The van der Waals surface area contributed by atoms with Crippen molar-refractivity contribution in [2.75, 3.05) is 13.1 Å². The van der Waals surface area contributed by atoms with Gasteiger partial charge in [-0.3, -0.25) is 14.3 Å². The summed E-state index contributed by atoms with van der Waals surface area (Å²) < 4.78 is 1.71. The SMILES string of the molecule is CCN(CC)C(=O)c1ccc(CNC(=O)CCCn2cncn2)cc1. The summed E-state index contributed by atoms with van der Waals surface area (Å²) in [4.78, 5) is 29.8. The molecule has 0 aliphatic rings. The van der Waals surface area contributed by atoms with Crippen molar-refractivity contribution in [2.24, 2.45) is 0 Å². The highest BCUT2D eigenvalue weighted by Gasteiger charge is 2.12. The molecule has 1 aromatic heterocycles. The summed E-state index contributed by atoms with van der Waals surface area (Å²) in [5.74, 6) is 0.0390. The first-order chi connectivity index (χ1) is 12.1. The Kier molecular flexibility index (Phi) is 7.13. The molecule has 0 spiro atoms. The molecule has 0 aliphatic carbocycles. The van der Waals surface area contributed by atoms with Gasteiger partial charge >= 0.3 is 0 Å². The first-order valence-electron chi connectivity index (χ1n) is 8.61. The summed E-state index contributed by atoms with van der Waals surface area (Å²) in [6.45, 7) is 6.46. The van der Waals surface area contributed by atoms with Crippen molar-refractivity contribution in [3.63, 3.8) is 0 Å². The summed E-state index contributed by atoms with van der Waals surface area (Å²) in [5, 5.41) is 6.89. The van der Waals surface area contributed by atoms with Gasteiger partial charge in [0.25, 0.3) is 5.91 Å². The summed E-state index contributed by atoms with van der Waals surface area (Å²) in [7, 11) is 0. The maximum Gasteiger partial charge on any atom is 0.253 e. The number of carbonyl (C=O) groups excluding carboxylic acids is 2. The Hall–Kier alpha value is -2.70. The van der Waals surface area contributed by atoms with Gasteiger partial charge in [-0.15, -0.1) is 0 Å². The predicted molar refractivity (Wildman–Crippen MR) is 94.8 cm³/mol. The fourth-order valence-corrected chi connectivity index (χ4v) is 2.50. The molecule has 0 radical (unpaired) electrons. The van der Waals surface area contributed by atoms with Crippen LogP contribution in [0.15, 0.2) is 36.9 Å². The van der Waals surface area contributed by atoms with Crippen LogP contribution in [-0.4, -0.2) is 44.6 Å². The summed E-state index contributed by atoms with van der Waals surface area (Å²) in [5.41, 5.74) is 1.65. The number of nitrogens with one attached hydrogen (secondary N) is 1. The van der Waals surface area contributed by atoms with Crippen LogP contribution >= 0.6 is 0 Å². The van der Waals surface area contributed by atoms with Crippen molar-refractivity contribution in [1.29, 1.82) is 0 Å². The molecule has 0 saturated heterocycles. The van der Waals surface area contributed by atoms with Gasteiger partial charge in [-0.2, -0.15) is 5.10 Å². The normalized spacial score (nSPS) is 10.5. The van der Waals surface area contributed by atoms with E-state index in [0.717, 1.165) is 5.56 Å². The number of aromatic nitrogens is 3. The zero-order valence-corrected chi connectivity index (χ0v) is 14.8. The highest BCUT2D eigenvalue weighted by molar-refractivity contribution is 5.94. The number of nitrogens with zero attached hydrogens (tertiary/aromatic N) is 4. The van der Waals surface area contributed by atoms with E-state index in [2.05, 4.69) is 15.4 Å². The van der Waals surface area contributed by atoms with Crippen LogP contribution in [0.3, 0.4) is 0 Å². The Morgan fingerprint density at radius 1 is 1.16 bits per heavy atom. The molecule has 0 fully saturated rings. The Morgan fingerprint density at radius 3 is 2.48 bits per heavy atom. The summed E-state index contributed by atoms with van der Waals surface area (Å²) in [6.07, 6.45) is 4.28. The lowest BCUT2D eigenvalue weighted by molar-refractivity contribution is -0.121. The highest BCUT2D eigenvalue weighted by atomic mass is 16.2. The van der Waals surface area contributed by atoms with Crippen LogP contribution in [0.5, 0.6) is 0 Å². The second-order valence-electron chi connectivity index (χ2n) is 5.71. The van der Waals surface area contributed by atoms with Gasteiger partial charge in [0.1, 0.15) is 12.7 Å². The minimum atomic E-state index is 0.00316. The standard InChI is InChI=1S/C18H25N5O2/c1-3-22(4-2)18(25)16-9-7-15(8-10-16)12-20-17(24)6-5-11-23-14-19-13-21-23/h7-10,13-14H,3-6,11-12H2,1-2H3,(H,20,24). The number of rotatable bonds is 9. The molecule has 2 amide bonds. The highest BCUT2D eigenvalue weighted by Crippen LogP contribution is 2.08. The first kappa shape index (κ1) is 18.6. The topological polar surface area (TPSA) is 80.1 Å². The van der Waals surface area contributed by atoms with E-state index in [9.17, 15) is 9.59 Å². The number of benzene rings is 1. The number of amides is 2. The van der Waals surface area contributed by atoms with Crippen LogP contribution in [0, 0.1) is 0 Å². The van der Waals surface area contributed by atoms with Gasteiger partial charge in [-0.25, -0.2) is 4.98 Å². The molecule has 7 nitrogen and oxygen atoms in total. The number of hydrogen-bond acceptors (Lipinski definition) is 4. The maximum atomic E-state index is 12.2. The maximum absolute atomic E-state index is 12.2. The van der Waals surface area contributed by atoms with Crippen LogP contribution in [0.25, 0.3) is 0 Å². The number of carbonyl (C=O) groups is 2. The van der Waals surface area contributed by atoms with Gasteiger partial charge in [0, 0.05) is 38.2 Å². The van der Waals surface area contributed by atoms with Crippen LogP contribution in [0.2, 0.25) is 0 Å². The molecule has 1 heterocycles. The van der Waals surface area contributed by atoms with Crippen molar-refractivity contribution >= 4 is 11.8 Å². The Bertz CT molecular complexity index is 663. The molecular weight excluding hydrogens is 318 g/mol. The molecule has 0 unspecified atom stereocenters. The quantitative estimate of drug-likeness (QED) is 0.753. The van der Waals surface area contributed by atoms with Crippen molar-refractivity contribution in [2.45, 2.75) is 39.8 Å². The third-order valence-corrected chi connectivity index (χ3v) is 4.00. The smallest absolute Gasteiger partial charge is 0.253 e. The molecule has 0 atom stereocenters. The minimum absolute atomic E-state index is 0.00316. The van der Waals surface area contributed by atoms with Crippen molar-refractivity contribution < 1.29 is 9.59 Å². The van der Waals surface area contributed by atoms with Crippen LogP contribution < -0.4 is 5.32 Å². The van der Waals surface area contributed by atoms with Crippen molar-refractivity contribution in [3.8, 4) is 0 Å². The molecule has 1 aromatic carbocycles. The zero-order valence-electron chi connectivity index (χ0n) is 14.8. The van der Waals surface area contributed by atoms with Gasteiger partial charge in [0.05, 0.1) is 0 Å². The zero-order chi connectivity index (χ0) is 18.1. The van der Waals surface area contributed by atoms with Gasteiger partial charge in [0.15, 0.2) is 0 Å². The average molecular weight is 343 g/mol. The largest absolute Gasteiger partial charge is 0.352 e. The third kappa shape index (κ3) is 5.70. The second-order valence-corrected chi connectivity index (χ2v) is 5.71. The van der Waals surface area contributed by atoms with E-state index in [1.807, 2.05) is 38.1 Å². The molecule has 1 N–H and O–H groups in total.